The topological polar surface area (TPSA) is 186 Å². The van der Waals surface area contributed by atoms with Crippen LogP contribution in [0.5, 0.6) is 0 Å². The standard InChI is InChI=1S/C39H71N7O7/c1-14-17-18-46(19-20-47)38(52)28(10)41-36(50)32(23-26(8)15-2)43-37(51)31(22-25(6)7)42-34(48)29(11)45(13)39(53)33(27(9)16-3)44-35(49)30(40-12)21-24(4)5/h15,20,24-33,40H,2,14,16-19,21-23H2,1,3-13H3,(H,41,50)(H,42,48)(H,43,51)(H,44,49). The van der Waals surface area contributed by atoms with Crippen LogP contribution in [0.3, 0.4) is 0 Å². The highest BCUT2D eigenvalue weighted by molar-refractivity contribution is 5.96. The van der Waals surface area contributed by atoms with Gasteiger partial charge >= 0.3 is 0 Å². The molecule has 0 bridgehead atoms. The van der Waals surface area contributed by atoms with E-state index in [9.17, 15) is 33.6 Å². The average molecular weight is 750 g/mol. The zero-order chi connectivity index (χ0) is 41.0. The quantitative estimate of drug-likeness (QED) is 0.0660. The van der Waals surface area contributed by atoms with Crippen molar-refractivity contribution in [2.45, 2.75) is 144 Å². The Morgan fingerprint density at radius 2 is 1.21 bits per heavy atom. The van der Waals surface area contributed by atoms with Crippen LogP contribution in [-0.2, 0) is 33.6 Å². The third-order valence-corrected chi connectivity index (χ3v) is 9.56. The largest absolute Gasteiger partial charge is 0.343 e. The molecule has 53 heavy (non-hydrogen) atoms. The van der Waals surface area contributed by atoms with Crippen molar-refractivity contribution < 1.29 is 33.6 Å². The maximum absolute atomic E-state index is 13.8. The predicted octanol–water partition coefficient (Wildman–Crippen LogP) is 2.56. The van der Waals surface area contributed by atoms with E-state index in [0.29, 0.717) is 32.1 Å². The molecule has 0 saturated carbocycles. The van der Waals surface area contributed by atoms with Crippen LogP contribution >= 0.6 is 0 Å². The monoisotopic (exact) mass is 750 g/mol. The maximum atomic E-state index is 13.8. The van der Waals surface area contributed by atoms with Crippen molar-refractivity contribution in [3.05, 3.63) is 12.7 Å². The molecule has 0 spiro atoms. The van der Waals surface area contributed by atoms with Crippen LogP contribution in [-0.4, -0.2) is 115 Å². The fourth-order valence-electron chi connectivity index (χ4n) is 5.70. The van der Waals surface area contributed by atoms with E-state index in [-0.39, 0.29) is 49.0 Å². The highest BCUT2D eigenvalue weighted by Crippen LogP contribution is 2.15. The first kappa shape index (κ1) is 49.2. The summed E-state index contributed by atoms with van der Waals surface area (Å²) in [5, 5.41) is 14.2. The number of allylic oxidation sites excluding steroid dienone is 1. The van der Waals surface area contributed by atoms with Gasteiger partial charge in [0.15, 0.2) is 0 Å². The fraction of sp³-hybridized carbons (Fsp3) is 0.769. The first-order valence-electron chi connectivity index (χ1n) is 19.3. The Hall–Kier alpha value is -3.81. The molecule has 8 atom stereocenters. The first-order valence-corrected chi connectivity index (χ1v) is 19.3. The average Bonchev–Trinajstić information content (AvgIpc) is 3.11. The Bertz CT molecular complexity index is 1210. The highest BCUT2D eigenvalue weighted by atomic mass is 16.2. The van der Waals surface area contributed by atoms with Crippen LogP contribution in [0.2, 0.25) is 0 Å². The summed E-state index contributed by atoms with van der Waals surface area (Å²) in [6, 6.07) is -5.42. The van der Waals surface area contributed by atoms with E-state index in [1.807, 2.05) is 55.4 Å². The van der Waals surface area contributed by atoms with Gasteiger partial charge in [-0.3, -0.25) is 28.8 Å². The van der Waals surface area contributed by atoms with Crippen molar-refractivity contribution in [1.29, 1.82) is 0 Å². The van der Waals surface area contributed by atoms with E-state index in [1.165, 1.54) is 23.8 Å². The minimum atomic E-state index is -1.06. The van der Waals surface area contributed by atoms with Gasteiger partial charge in [-0.1, -0.05) is 74.3 Å². The number of likely N-dealkylation sites (N-methyl/N-ethyl adjacent to an activating group) is 2. The molecule has 0 fully saturated rings. The molecular formula is C39H71N7O7. The van der Waals surface area contributed by atoms with Crippen molar-refractivity contribution in [1.82, 2.24) is 36.4 Å². The van der Waals surface area contributed by atoms with Crippen molar-refractivity contribution in [3.8, 4) is 0 Å². The normalized spacial score (nSPS) is 15.8. The zero-order valence-electron chi connectivity index (χ0n) is 34.5. The Balaban J connectivity index is 6.10. The molecule has 8 unspecified atom stereocenters. The predicted molar refractivity (Wildman–Crippen MR) is 208 cm³/mol. The first-order chi connectivity index (χ1) is 24.8. The van der Waals surface area contributed by atoms with Gasteiger partial charge in [0, 0.05) is 13.6 Å². The molecule has 0 heterocycles. The Morgan fingerprint density at radius 1 is 0.698 bits per heavy atom. The van der Waals surface area contributed by atoms with Gasteiger partial charge in [-0.25, -0.2) is 0 Å². The van der Waals surface area contributed by atoms with E-state index < -0.39 is 65.8 Å². The summed E-state index contributed by atoms with van der Waals surface area (Å²) >= 11 is 0. The molecule has 0 saturated heterocycles. The molecule has 6 amide bonds. The molecule has 0 aromatic heterocycles. The van der Waals surface area contributed by atoms with Gasteiger partial charge < -0.3 is 41.2 Å². The summed E-state index contributed by atoms with van der Waals surface area (Å²) in [6.45, 7) is 22.6. The van der Waals surface area contributed by atoms with Gasteiger partial charge in [0.2, 0.25) is 35.4 Å². The molecule has 14 nitrogen and oxygen atoms in total. The summed E-state index contributed by atoms with van der Waals surface area (Å²) in [4.78, 5) is 95.0. The van der Waals surface area contributed by atoms with E-state index in [2.05, 4.69) is 33.2 Å². The molecule has 0 aliphatic carbocycles. The second-order valence-corrected chi connectivity index (χ2v) is 15.2. The number of nitrogens with zero attached hydrogens (tertiary/aromatic N) is 2. The number of hydrogen-bond acceptors (Lipinski definition) is 8. The third kappa shape index (κ3) is 17.3. The smallest absolute Gasteiger partial charge is 0.245 e. The Kier molecular flexibility index (Phi) is 23.4. The molecule has 5 N–H and O–H groups in total. The lowest BCUT2D eigenvalue weighted by Crippen LogP contribution is -2.60. The molecule has 0 aliphatic rings. The Labute approximate surface area is 318 Å². The lowest BCUT2D eigenvalue weighted by Gasteiger charge is -2.33. The van der Waals surface area contributed by atoms with Gasteiger partial charge in [0.1, 0.15) is 36.5 Å². The van der Waals surface area contributed by atoms with Crippen molar-refractivity contribution in [3.63, 3.8) is 0 Å². The molecule has 0 rings (SSSR count). The number of rotatable bonds is 26. The van der Waals surface area contributed by atoms with Crippen molar-refractivity contribution in [2.24, 2.45) is 23.7 Å². The SMILES string of the molecule is C=CC(C)CC(NC(=O)C(CC(C)C)NC(=O)C(C)N(C)C(=O)C(NC(=O)C(CC(C)C)NC)C(C)CC)C(=O)NC(C)C(=O)N(CC=O)CCCC. The number of nitrogens with one attached hydrogen (secondary N) is 5. The molecule has 14 heteroatoms. The minimum absolute atomic E-state index is 0.0272. The van der Waals surface area contributed by atoms with Crippen molar-refractivity contribution >= 4 is 41.7 Å². The third-order valence-electron chi connectivity index (χ3n) is 9.56. The van der Waals surface area contributed by atoms with Gasteiger partial charge in [-0.05, 0) is 70.3 Å². The maximum Gasteiger partial charge on any atom is 0.245 e. The van der Waals surface area contributed by atoms with Crippen LogP contribution in [0.1, 0.15) is 108 Å². The van der Waals surface area contributed by atoms with E-state index in [4.69, 9.17) is 0 Å². The number of carbonyl (C=O) groups excluding carboxylic acids is 7. The molecule has 0 radical (unpaired) electrons. The second kappa shape index (κ2) is 25.3. The number of hydrogen-bond donors (Lipinski definition) is 5. The number of unbranched alkanes of at least 4 members (excludes halogenated alkanes) is 1. The van der Waals surface area contributed by atoms with Gasteiger partial charge in [0.25, 0.3) is 0 Å². The fourth-order valence-corrected chi connectivity index (χ4v) is 5.70. The van der Waals surface area contributed by atoms with Gasteiger partial charge in [-0.2, -0.15) is 0 Å². The van der Waals surface area contributed by atoms with Crippen LogP contribution in [0.15, 0.2) is 12.7 Å². The molecular weight excluding hydrogens is 678 g/mol. The summed E-state index contributed by atoms with van der Waals surface area (Å²) in [5.41, 5.74) is 0. The van der Waals surface area contributed by atoms with Crippen molar-refractivity contribution in [2.75, 3.05) is 27.2 Å². The molecule has 0 aromatic rings. The second-order valence-electron chi connectivity index (χ2n) is 15.2. The van der Waals surface area contributed by atoms with Crippen LogP contribution < -0.4 is 26.6 Å². The molecule has 304 valence electrons. The Morgan fingerprint density at radius 3 is 1.70 bits per heavy atom. The summed E-state index contributed by atoms with van der Waals surface area (Å²) < 4.78 is 0. The summed E-state index contributed by atoms with van der Waals surface area (Å²) in [6.07, 6.45) is 5.44. The van der Waals surface area contributed by atoms with E-state index in [0.717, 1.165) is 6.42 Å². The van der Waals surface area contributed by atoms with Crippen LogP contribution in [0.25, 0.3) is 0 Å². The number of carbonyl (C=O) groups is 7. The van der Waals surface area contributed by atoms with E-state index in [1.54, 1.807) is 20.0 Å². The summed E-state index contributed by atoms with van der Waals surface area (Å²) in [5.74, 6) is -3.07. The van der Waals surface area contributed by atoms with Crippen LogP contribution in [0.4, 0.5) is 0 Å². The van der Waals surface area contributed by atoms with E-state index >= 15 is 0 Å². The number of aldehydes is 1. The van der Waals surface area contributed by atoms with Gasteiger partial charge in [-0.15, -0.1) is 6.58 Å². The molecule has 0 aliphatic heterocycles. The number of amides is 6. The summed E-state index contributed by atoms with van der Waals surface area (Å²) in [7, 11) is 3.19. The zero-order valence-corrected chi connectivity index (χ0v) is 34.5. The lowest BCUT2D eigenvalue weighted by atomic mass is 9.96. The van der Waals surface area contributed by atoms with Gasteiger partial charge in [0.05, 0.1) is 12.6 Å². The lowest BCUT2D eigenvalue weighted by molar-refractivity contribution is -0.143. The molecule has 0 aromatic carbocycles. The van der Waals surface area contributed by atoms with Crippen LogP contribution in [0, 0.1) is 23.7 Å². The highest BCUT2D eigenvalue weighted by Gasteiger charge is 2.36. The minimum Gasteiger partial charge on any atom is -0.343 e.